The molecule has 4 nitrogen and oxygen atoms in total. The van der Waals surface area contributed by atoms with Crippen LogP contribution in [0, 0.1) is 5.82 Å². The van der Waals surface area contributed by atoms with Crippen molar-refractivity contribution in [2.45, 2.75) is 12.3 Å². The molecule has 0 aliphatic heterocycles. The van der Waals surface area contributed by atoms with E-state index in [1.807, 2.05) is 0 Å². The minimum absolute atomic E-state index is 0.230. The molecule has 0 heterocycles. The molecule has 0 bridgehead atoms. The Balaban J connectivity index is 2.80. The van der Waals surface area contributed by atoms with Gasteiger partial charge in [0, 0.05) is 13.0 Å². The lowest BCUT2D eigenvalue weighted by atomic mass is 9.95. The molecule has 1 atom stereocenters. The van der Waals surface area contributed by atoms with Crippen LogP contribution in [-0.2, 0) is 9.59 Å². The Morgan fingerprint density at radius 3 is 2.78 bits per heavy atom. The zero-order chi connectivity index (χ0) is 13.5. The monoisotopic (exact) mass is 251 g/mol. The SMILES string of the molecule is C=CCNC(=O)CC(C(=O)O)c1cccc(F)c1. The Morgan fingerprint density at radius 1 is 1.50 bits per heavy atom. The van der Waals surface area contributed by atoms with Gasteiger partial charge in [0.25, 0.3) is 0 Å². The Hall–Kier alpha value is -2.17. The average molecular weight is 251 g/mol. The van der Waals surface area contributed by atoms with E-state index in [1.165, 1.54) is 24.3 Å². The van der Waals surface area contributed by atoms with Crippen LogP contribution < -0.4 is 5.32 Å². The molecule has 1 amide bonds. The lowest BCUT2D eigenvalue weighted by Gasteiger charge is -2.12. The molecule has 0 saturated carbocycles. The molecule has 0 radical (unpaired) electrons. The molecule has 96 valence electrons. The molecule has 1 unspecified atom stereocenters. The highest BCUT2D eigenvalue weighted by atomic mass is 19.1. The Kier molecular flexibility index (Phi) is 5.05. The number of amides is 1. The summed E-state index contributed by atoms with van der Waals surface area (Å²) in [7, 11) is 0. The number of benzene rings is 1. The van der Waals surface area contributed by atoms with Crippen molar-refractivity contribution in [2.24, 2.45) is 0 Å². The number of carboxylic acids is 1. The number of carbonyl (C=O) groups is 2. The van der Waals surface area contributed by atoms with Gasteiger partial charge < -0.3 is 10.4 Å². The van der Waals surface area contributed by atoms with E-state index >= 15 is 0 Å². The number of carbonyl (C=O) groups excluding carboxylic acids is 1. The van der Waals surface area contributed by atoms with Gasteiger partial charge in [0.2, 0.25) is 5.91 Å². The third-order valence-electron chi connectivity index (χ3n) is 2.38. The van der Waals surface area contributed by atoms with Crippen LogP contribution in [0.4, 0.5) is 4.39 Å². The van der Waals surface area contributed by atoms with E-state index < -0.39 is 23.6 Å². The van der Waals surface area contributed by atoms with Crippen LogP contribution >= 0.6 is 0 Å². The predicted octanol–water partition coefficient (Wildman–Crippen LogP) is 1.69. The van der Waals surface area contributed by atoms with Gasteiger partial charge >= 0.3 is 5.97 Å². The van der Waals surface area contributed by atoms with Crippen molar-refractivity contribution in [3.05, 3.63) is 48.3 Å². The molecule has 0 fully saturated rings. The highest BCUT2D eigenvalue weighted by molar-refractivity contribution is 5.85. The topological polar surface area (TPSA) is 66.4 Å². The molecule has 2 N–H and O–H groups in total. The summed E-state index contributed by atoms with van der Waals surface area (Å²) >= 11 is 0. The van der Waals surface area contributed by atoms with Crippen molar-refractivity contribution < 1.29 is 19.1 Å². The fourth-order valence-electron chi connectivity index (χ4n) is 1.51. The van der Waals surface area contributed by atoms with Crippen molar-refractivity contribution in [1.82, 2.24) is 5.32 Å². The molecule has 0 aliphatic carbocycles. The van der Waals surface area contributed by atoms with E-state index in [1.54, 1.807) is 0 Å². The number of hydrogen-bond acceptors (Lipinski definition) is 2. The van der Waals surface area contributed by atoms with Crippen molar-refractivity contribution in [1.29, 1.82) is 0 Å². The summed E-state index contributed by atoms with van der Waals surface area (Å²) in [5, 5.41) is 11.6. The molecule has 0 spiro atoms. The van der Waals surface area contributed by atoms with E-state index in [-0.39, 0.29) is 18.5 Å². The summed E-state index contributed by atoms with van der Waals surface area (Å²) in [5.41, 5.74) is 0.274. The van der Waals surface area contributed by atoms with Crippen LogP contribution in [0.2, 0.25) is 0 Å². The van der Waals surface area contributed by atoms with Crippen LogP contribution in [0.3, 0.4) is 0 Å². The molecule has 5 heteroatoms. The number of halogens is 1. The van der Waals surface area contributed by atoms with Gasteiger partial charge in [0.15, 0.2) is 0 Å². The third kappa shape index (κ3) is 4.01. The summed E-state index contributed by atoms with van der Waals surface area (Å²) in [4.78, 5) is 22.6. The molecule has 0 saturated heterocycles. The van der Waals surface area contributed by atoms with Crippen molar-refractivity contribution in [3.8, 4) is 0 Å². The third-order valence-corrected chi connectivity index (χ3v) is 2.38. The summed E-state index contributed by atoms with van der Waals surface area (Å²) in [5.74, 6) is -3.14. The molecule has 0 aliphatic rings. The first-order valence-electron chi connectivity index (χ1n) is 5.40. The van der Waals surface area contributed by atoms with Gasteiger partial charge in [0.1, 0.15) is 5.82 Å². The minimum Gasteiger partial charge on any atom is -0.481 e. The maximum atomic E-state index is 13.0. The minimum atomic E-state index is -1.16. The molecule has 18 heavy (non-hydrogen) atoms. The molecule has 1 rings (SSSR count). The van der Waals surface area contributed by atoms with Crippen LogP contribution in [0.1, 0.15) is 17.9 Å². The van der Waals surface area contributed by atoms with Crippen LogP contribution in [0.25, 0.3) is 0 Å². The van der Waals surface area contributed by atoms with Crippen molar-refractivity contribution in [3.63, 3.8) is 0 Å². The van der Waals surface area contributed by atoms with Gasteiger partial charge in [0.05, 0.1) is 5.92 Å². The highest BCUT2D eigenvalue weighted by Gasteiger charge is 2.23. The van der Waals surface area contributed by atoms with Gasteiger partial charge in [-0.3, -0.25) is 9.59 Å². The number of rotatable bonds is 6. The molecular formula is C13H14FNO3. The highest BCUT2D eigenvalue weighted by Crippen LogP contribution is 2.20. The molecule has 1 aromatic rings. The quantitative estimate of drug-likeness (QED) is 0.756. The van der Waals surface area contributed by atoms with E-state index in [9.17, 15) is 14.0 Å². The lowest BCUT2D eigenvalue weighted by molar-refractivity contribution is -0.140. The first kappa shape index (κ1) is 13.9. The van der Waals surface area contributed by atoms with Gasteiger partial charge in [-0.25, -0.2) is 4.39 Å². The summed E-state index contributed by atoms with van der Waals surface area (Å²) in [6.45, 7) is 3.71. The Bertz CT molecular complexity index is 459. The summed E-state index contributed by atoms with van der Waals surface area (Å²) in [6, 6.07) is 5.25. The van der Waals surface area contributed by atoms with Crippen LogP contribution in [0.5, 0.6) is 0 Å². The van der Waals surface area contributed by atoms with Crippen LogP contribution in [-0.4, -0.2) is 23.5 Å². The fourth-order valence-corrected chi connectivity index (χ4v) is 1.51. The first-order chi connectivity index (χ1) is 8.54. The van der Waals surface area contributed by atoms with Gasteiger partial charge in [-0.15, -0.1) is 6.58 Å². The number of carboxylic acid groups (broad SMARTS) is 1. The van der Waals surface area contributed by atoms with Crippen molar-refractivity contribution >= 4 is 11.9 Å². The number of aliphatic carboxylic acids is 1. The Morgan fingerprint density at radius 2 is 2.22 bits per heavy atom. The van der Waals surface area contributed by atoms with Crippen molar-refractivity contribution in [2.75, 3.05) is 6.54 Å². The molecule has 0 aromatic heterocycles. The van der Waals surface area contributed by atoms with E-state index in [0.717, 1.165) is 6.07 Å². The second kappa shape index (κ2) is 6.54. The Labute approximate surface area is 104 Å². The predicted molar refractivity (Wildman–Crippen MR) is 64.6 cm³/mol. The summed E-state index contributed by atoms with van der Waals surface area (Å²) in [6.07, 6.45) is 1.27. The zero-order valence-corrected chi connectivity index (χ0v) is 9.73. The summed E-state index contributed by atoms with van der Waals surface area (Å²) < 4.78 is 13.0. The second-order valence-electron chi connectivity index (χ2n) is 3.74. The average Bonchev–Trinajstić information content (AvgIpc) is 2.33. The van der Waals surface area contributed by atoms with E-state index in [4.69, 9.17) is 5.11 Å². The maximum Gasteiger partial charge on any atom is 0.311 e. The van der Waals surface area contributed by atoms with Gasteiger partial charge in [-0.2, -0.15) is 0 Å². The van der Waals surface area contributed by atoms with Gasteiger partial charge in [-0.1, -0.05) is 18.2 Å². The van der Waals surface area contributed by atoms with E-state index in [0.29, 0.717) is 0 Å². The zero-order valence-electron chi connectivity index (χ0n) is 9.73. The largest absolute Gasteiger partial charge is 0.481 e. The number of hydrogen-bond donors (Lipinski definition) is 2. The second-order valence-corrected chi connectivity index (χ2v) is 3.74. The molecular weight excluding hydrogens is 237 g/mol. The fraction of sp³-hybridized carbons (Fsp3) is 0.231. The van der Waals surface area contributed by atoms with Crippen LogP contribution in [0.15, 0.2) is 36.9 Å². The molecule has 1 aromatic carbocycles. The van der Waals surface area contributed by atoms with E-state index in [2.05, 4.69) is 11.9 Å². The van der Waals surface area contributed by atoms with Gasteiger partial charge in [-0.05, 0) is 17.7 Å². The lowest BCUT2D eigenvalue weighted by Crippen LogP contribution is -2.27. The standard InChI is InChI=1S/C13H14FNO3/c1-2-6-15-12(16)8-11(13(17)18)9-4-3-5-10(14)7-9/h2-5,7,11H,1,6,8H2,(H,15,16)(H,17,18). The first-order valence-corrected chi connectivity index (χ1v) is 5.40. The maximum absolute atomic E-state index is 13.0. The normalized spacial score (nSPS) is 11.6. The smallest absolute Gasteiger partial charge is 0.311 e. The number of nitrogens with one attached hydrogen (secondary N) is 1.